The summed E-state index contributed by atoms with van der Waals surface area (Å²) in [5, 5.41) is 11.3. The number of rotatable bonds is 4. The highest BCUT2D eigenvalue weighted by atomic mass is 16.5. The van der Waals surface area contributed by atoms with Gasteiger partial charge in [-0.25, -0.2) is 4.79 Å². The van der Waals surface area contributed by atoms with Crippen LogP contribution in [0.15, 0.2) is 47.4 Å². The zero-order valence-electron chi connectivity index (χ0n) is 12.2. The van der Waals surface area contributed by atoms with Gasteiger partial charge in [-0.15, -0.1) is 0 Å². The van der Waals surface area contributed by atoms with Crippen molar-refractivity contribution in [1.82, 2.24) is 4.98 Å². The number of esters is 1. The van der Waals surface area contributed by atoms with Crippen LogP contribution in [0.4, 0.5) is 5.69 Å². The first-order chi connectivity index (χ1) is 11.0. The van der Waals surface area contributed by atoms with E-state index in [-0.39, 0.29) is 5.56 Å². The highest BCUT2D eigenvalue weighted by Crippen LogP contribution is 2.10. The van der Waals surface area contributed by atoms with Gasteiger partial charge < -0.3 is 15.0 Å². The van der Waals surface area contributed by atoms with Gasteiger partial charge in [0, 0.05) is 11.9 Å². The van der Waals surface area contributed by atoms with Crippen molar-refractivity contribution in [3.05, 3.63) is 64.1 Å². The number of pyridine rings is 1. The van der Waals surface area contributed by atoms with E-state index in [1.807, 2.05) is 6.07 Å². The predicted molar refractivity (Wildman–Crippen MR) is 81.7 cm³/mol. The number of ether oxygens (including phenoxy) is 1. The average molecular weight is 311 g/mol. The van der Waals surface area contributed by atoms with E-state index in [0.29, 0.717) is 11.3 Å². The van der Waals surface area contributed by atoms with Gasteiger partial charge in [0.15, 0.2) is 6.10 Å². The van der Waals surface area contributed by atoms with Crippen LogP contribution in [0.5, 0.6) is 0 Å². The number of anilines is 1. The molecule has 7 nitrogen and oxygen atoms in total. The van der Waals surface area contributed by atoms with Crippen molar-refractivity contribution in [3.63, 3.8) is 0 Å². The molecule has 2 aromatic rings. The molecule has 7 heteroatoms. The Morgan fingerprint density at radius 1 is 1.26 bits per heavy atom. The number of aromatic amines is 1. The fourth-order valence-electron chi connectivity index (χ4n) is 1.73. The number of nitriles is 1. The van der Waals surface area contributed by atoms with Gasteiger partial charge in [-0.3, -0.25) is 9.59 Å². The number of H-pyrrole nitrogens is 1. The summed E-state index contributed by atoms with van der Waals surface area (Å²) in [4.78, 5) is 37.7. The quantitative estimate of drug-likeness (QED) is 0.829. The summed E-state index contributed by atoms with van der Waals surface area (Å²) in [6, 6.07) is 11.0. The molecule has 2 rings (SSSR count). The van der Waals surface area contributed by atoms with E-state index in [0.717, 1.165) is 0 Å². The van der Waals surface area contributed by atoms with Crippen LogP contribution < -0.4 is 10.9 Å². The van der Waals surface area contributed by atoms with Gasteiger partial charge >= 0.3 is 5.97 Å². The van der Waals surface area contributed by atoms with Gasteiger partial charge in [-0.05, 0) is 43.3 Å². The number of hydrogen-bond acceptors (Lipinski definition) is 5. The molecule has 0 saturated carbocycles. The number of carbonyl (C=O) groups excluding carboxylic acids is 2. The highest BCUT2D eigenvalue weighted by molar-refractivity contribution is 5.97. The van der Waals surface area contributed by atoms with Gasteiger partial charge in [0.05, 0.1) is 11.6 Å². The molecule has 0 unspecified atom stereocenters. The monoisotopic (exact) mass is 311 g/mol. The van der Waals surface area contributed by atoms with Crippen LogP contribution in [0, 0.1) is 11.3 Å². The van der Waals surface area contributed by atoms with E-state index in [2.05, 4.69) is 10.3 Å². The lowest BCUT2D eigenvalue weighted by Gasteiger charge is -2.13. The van der Waals surface area contributed by atoms with Crippen LogP contribution >= 0.6 is 0 Å². The van der Waals surface area contributed by atoms with E-state index in [1.54, 1.807) is 24.3 Å². The standard InChI is InChI=1S/C16H13N3O4/c1-10(23-16(22)13-3-2-8-18-15(13)21)14(20)19-12-6-4-11(9-17)5-7-12/h2-8,10H,1H3,(H,18,21)(H,19,20)/t10-/m0/s1. The van der Waals surface area contributed by atoms with Gasteiger partial charge in [-0.2, -0.15) is 5.26 Å². The third-order valence-corrected chi connectivity index (χ3v) is 2.97. The molecule has 0 fully saturated rings. The molecule has 1 heterocycles. The topological polar surface area (TPSA) is 112 Å². The van der Waals surface area contributed by atoms with Crippen molar-refractivity contribution in [2.45, 2.75) is 13.0 Å². The van der Waals surface area contributed by atoms with Crippen LogP contribution in [-0.4, -0.2) is 23.0 Å². The minimum Gasteiger partial charge on any atom is -0.449 e. The predicted octanol–water partition coefficient (Wildman–Crippen LogP) is 1.43. The van der Waals surface area contributed by atoms with Crippen molar-refractivity contribution in [2.24, 2.45) is 0 Å². The molecule has 0 aliphatic carbocycles. The molecule has 1 atom stereocenters. The number of carbonyl (C=O) groups is 2. The van der Waals surface area contributed by atoms with Gasteiger partial charge in [0.1, 0.15) is 5.56 Å². The lowest BCUT2D eigenvalue weighted by Crippen LogP contribution is -2.31. The molecule has 0 aliphatic heterocycles. The maximum Gasteiger partial charge on any atom is 0.344 e. The first-order valence-electron chi connectivity index (χ1n) is 6.71. The molecule has 116 valence electrons. The van der Waals surface area contributed by atoms with Crippen molar-refractivity contribution in [2.75, 3.05) is 5.32 Å². The Labute approximate surface area is 131 Å². The van der Waals surface area contributed by atoms with Gasteiger partial charge in [0.2, 0.25) is 0 Å². The van der Waals surface area contributed by atoms with E-state index >= 15 is 0 Å². The van der Waals surface area contributed by atoms with E-state index < -0.39 is 23.5 Å². The minimum atomic E-state index is -1.09. The van der Waals surface area contributed by atoms with Crippen molar-refractivity contribution in [3.8, 4) is 6.07 Å². The summed E-state index contributed by atoms with van der Waals surface area (Å²) in [5.74, 6) is -1.43. The third-order valence-electron chi connectivity index (χ3n) is 2.97. The van der Waals surface area contributed by atoms with E-state index in [9.17, 15) is 14.4 Å². The summed E-state index contributed by atoms with van der Waals surface area (Å²) < 4.78 is 4.97. The normalized spacial score (nSPS) is 11.1. The number of aromatic nitrogens is 1. The van der Waals surface area contributed by atoms with Crippen LogP contribution in [0.25, 0.3) is 0 Å². The number of benzene rings is 1. The smallest absolute Gasteiger partial charge is 0.344 e. The Hall–Kier alpha value is -3.40. The number of nitrogens with zero attached hydrogens (tertiary/aromatic N) is 1. The Balaban J connectivity index is 1.99. The Bertz CT molecular complexity index is 818. The lowest BCUT2D eigenvalue weighted by atomic mass is 10.2. The molecule has 1 aromatic carbocycles. The Morgan fingerprint density at radius 3 is 2.57 bits per heavy atom. The van der Waals surface area contributed by atoms with Crippen LogP contribution in [0.3, 0.4) is 0 Å². The minimum absolute atomic E-state index is 0.175. The number of hydrogen-bond donors (Lipinski definition) is 2. The summed E-state index contributed by atoms with van der Waals surface area (Å²) in [7, 11) is 0. The fourth-order valence-corrected chi connectivity index (χ4v) is 1.73. The maximum absolute atomic E-state index is 12.0. The maximum atomic E-state index is 12.0. The van der Waals surface area contributed by atoms with Gasteiger partial charge in [-0.1, -0.05) is 0 Å². The second kappa shape index (κ2) is 7.04. The lowest BCUT2D eigenvalue weighted by molar-refractivity contribution is -0.123. The SMILES string of the molecule is C[C@H](OC(=O)c1ccc[nH]c1=O)C(=O)Nc1ccc(C#N)cc1. The highest BCUT2D eigenvalue weighted by Gasteiger charge is 2.20. The van der Waals surface area contributed by atoms with Crippen molar-refractivity contribution < 1.29 is 14.3 Å². The average Bonchev–Trinajstić information content (AvgIpc) is 2.55. The molecule has 1 amide bonds. The van der Waals surface area contributed by atoms with Crippen LogP contribution in [0.2, 0.25) is 0 Å². The number of amides is 1. The zero-order chi connectivity index (χ0) is 16.8. The van der Waals surface area contributed by atoms with E-state index in [1.165, 1.54) is 25.3 Å². The van der Waals surface area contributed by atoms with Gasteiger partial charge in [0.25, 0.3) is 11.5 Å². The Morgan fingerprint density at radius 2 is 1.96 bits per heavy atom. The second-order valence-corrected chi connectivity index (χ2v) is 4.64. The molecule has 2 N–H and O–H groups in total. The Kier molecular flexibility index (Phi) is 4.89. The molecule has 0 saturated heterocycles. The molecule has 0 bridgehead atoms. The van der Waals surface area contributed by atoms with Crippen molar-refractivity contribution >= 4 is 17.6 Å². The van der Waals surface area contributed by atoms with Crippen LogP contribution in [0.1, 0.15) is 22.8 Å². The summed E-state index contributed by atoms with van der Waals surface area (Å²) >= 11 is 0. The molecule has 0 spiro atoms. The summed E-state index contributed by atoms with van der Waals surface area (Å²) in [6.45, 7) is 1.40. The molecule has 23 heavy (non-hydrogen) atoms. The summed E-state index contributed by atoms with van der Waals surface area (Å²) in [5.41, 5.74) is 0.169. The molecule has 1 aromatic heterocycles. The zero-order valence-corrected chi connectivity index (χ0v) is 12.2. The van der Waals surface area contributed by atoms with Crippen molar-refractivity contribution in [1.29, 1.82) is 5.26 Å². The molecule has 0 aliphatic rings. The molecular formula is C16H13N3O4. The summed E-state index contributed by atoms with van der Waals surface area (Å²) in [6.07, 6.45) is 0.304. The van der Waals surface area contributed by atoms with Crippen LogP contribution in [-0.2, 0) is 9.53 Å². The fraction of sp³-hybridized carbons (Fsp3) is 0.125. The largest absolute Gasteiger partial charge is 0.449 e. The van der Waals surface area contributed by atoms with E-state index in [4.69, 9.17) is 10.00 Å². The first-order valence-corrected chi connectivity index (χ1v) is 6.71. The molecular weight excluding hydrogens is 298 g/mol. The number of nitrogens with one attached hydrogen (secondary N) is 2. The third kappa shape index (κ3) is 4.04. The second-order valence-electron chi connectivity index (χ2n) is 4.64. The first kappa shape index (κ1) is 16.0. The molecule has 0 radical (unpaired) electrons.